The molecule has 172 valence electrons. The molecule has 30 heavy (non-hydrogen) atoms. The zero-order valence-corrected chi connectivity index (χ0v) is 21.6. The third kappa shape index (κ3) is 7.68. The smallest absolute Gasteiger partial charge is 0.191 e. The average Bonchev–Trinajstić information content (AvgIpc) is 2.73. The molecule has 0 bridgehead atoms. The molecule has 0 atom stereocenters. The van der Waals surface area contributed by atoms with E-state index in [-0.39, 0.29) is 24.0 Å². The predicted octanol–water partition coefficient (Wildman–Crippen LogP) is 3.30. The largest absolute Gasteiger partial charge is 0.496 e. The van der Waals surface area contributed by atoms with Gasteiger partial charge in [0.05, 0.1) is 21.3 Å². The van der Waals surface area contributed by atoms with E-state index in [9.17, 15) is 0 Å². The summed E-state index contributed by atoms with van der Waals surface area (Å²) < 4.78 is 16.4. The zero-order valence-electron chi connectivity index (χ0n) is 19.3. The number of rotatable bonds is 9. The van der Waals surface area contributed by atoms with Gasteiger partial charge in [0.15, 0.2) is 5.96 Å². The monoisotopic (exact) mass is 534 g/mol. The Morgan fingerprint density at radius 1 is 1.10 bits per heavy atom. The molecule has 7 nitrogen and oxygen atoms in total. The number of nitrogens with zero attached hydrogens (tertiary/aromatic N) is 2. The number of ether oxygens (including phenoxy) is 3. The van der Waals surface area contributed by atoms with Crippen LogP contribution in [0.4, 0.5) is 0 Å². The molecule has 0 unspecified atom stereocenters. The number of methoxy groups -OCH3 is 3. The molecule has 2 N–H and O–H groups in total. The third-order valence-corrected chi connectivity index (χ3v) is 5.39. The van der Waals surface area contributed by atoms with Gasteiger partial charge < -0.3 is 29.7 Å². The maximum Gasteiger partial charge on any atom is 0.191 e. The number of aliphatic imine (C=N–C) groups is 1. The first-order chi connectivity index (χ1) is 14.0. The van der Waals surface area contributed by atoms with Crippen LogP contribution in [-0.2, 0) is 6.42 Å². The van der Waals surface area contributed by atoms with Crippen molar-refractivity contribution in [1.29, 1.82) is 0 Å². The van der Waals surface area contributed by atoms with Gasteiger partial charge in [0.2, 0.25) is 0 Å². The Morgan fingerprint density at radius 2 is 1.70 bits per heavy atom. The van der Waals surface area contributed by atoms with Crippen molar-refractivity contribution in [1.82, 2.24) is 15.5 Å². The molecule has 0 spiro atoms. The first-order valence-electron chi connectivity index (χ1n) is 10.6. The van der Waals surface area contributed by atoms with Crippen molar-refractivity contribution in [3.8, 4) is 17.2 Å². The number of likely N-dealkylation sites (tertiary alicyclic amines) is 1. The topological polar surface area (TPSA) is 67.4 Å². The van der Waals surface area contributed by atoms with Gasteiger partial charge >= 0.3 is 0 Å². The number of hydrogen-bond acceptors (Lipinski definition) is 5. The first-order valence-corrected chi connectivity index (χ1v) is 10.6. The van der Waals surface area contributed by atoms with Crippen LogP contribution in [0.1, 0.15) is 39.2 Å². The van der Waals surface area contributed by atoms with Gasteiger partial charge in [-0.3, -0.25) is 4.99 Å². The highest BCUT2D eigenvalue weighted by atomic mass is 127. The minimum absolute atomic E-state index is 0. The third-order valence-electron chi connectivity index (χ3n) is 5.39. The molecular weight excluding hydrogens is 495 g/mol. The molecule has 0 aromatic heterocycles. The molecule has 8 heteroatoms. The molecule has 1 fully saturated rings. The number of halogens is 1. The first kappa shape index (κ1) is 26.6. The van der Waals surface area contributed by atoms with Crippen LogP contribution in [0.3, 0.4) is 0 Å². The fourth-order valence-corrected chi connectivity index (χ4v) is 3.68. The molecule has 1 aromatic rings. The fourth-order valence-electron chi connectivity index (χ4n) is 3.68. The Bertz CT molecular complexity index is 637. The van der Waals surface area contributed by atoms with Crippen LogP contribution < -0.4 is 24.8 Å². The van der Waals surface area contributed by atoms with Crippen LogP contribution in [-0.4, -0.2) is 70.5 Å². The van der Waals surface area contributed by atoms with Gasteiger partial charge in [-0.2, -0.15) is 0 Å². The van der Waals surface area contributed by atoms with Gasteiger partial charge in [-0.25, -0.2) is 0 Å². The number of piperidine rings is 1. The van der Waals surface area contributed by atoms with Crippen LogP contribution in [0.2, 0.25) is 0 Å². The Balaban J connectivity index is 0.00000450. The van der Waals surface area contributed by atoms with Gasteiger partial charge in [0.25, 0.3) is 0 Å². The van der Waals surface area contributed by atoms with E-state index in [1.807, 2.05) is 12.1 Å². The zero-order chi connectivity index (χ0) is 21.2. The number of hydrogen-bond donors (Lipinski definition) is 2. The average molecular weight is 534 g/mol. The van der Waals surface area contributed by atoms with E-state index in [4.69, 9.17) is 19.2 Å². The maximum absolute atomic E-state index is 5.54. The molecule has 2 rings (SSSR count). The normalized spacial score (nSPS) is 15.5. The second-order valence-electron chi connectivity index (χ2n) is 7.57. The van der Waals surface area contributed by atoms with Crippen molar-refractivity contribution in [3.05, 3.63) is 17.7 Å². The van der Waals surface area contributed by atoms with Gasteiger partial charge in [-0.15, -0.1) is 24.0 Å². The van der Waals surface area contributed by atoms with Crippen LogP contribution in [0, 0.1) is 0 Å². The van der Waals surface area contributed by atoms with Gasteiger partial charge in [0, 0.05) is 56.0 Å². The van der Waals surface area contributed by atoms with Gasteiger partial charge in [0.1, 0.15) is 17.2 Å². The highest BCUT2D eigenvalue weighted by Gasteiger charge is 2.21. The molecule has 1 aliphatic heterocycles. The van der Waals surface area contributed by atoms with Gasteiger partial charge in [-0.1, -0.05) is 0 Å². The molecule has 0 aliphatic carbocycles. The lowest BCUT2D eigenvalue weighted by atomic mass is 10.0. The highest BCUT2D eigenvalue weighted by molar-refractivity contribution is 14.0. The Hall–Kier alpha value is -1.42. The quantitative estimate of drug-likeness (QED) is 0.288. The number of guanidine groups is 1. The predicted molar refractivity (Wildman–Crippen MR) is 134 cm³/mol. The van der Waals surface area contributed by atoms with Crippen molar-refractivity contribution in [3.63, 3.8) is 0 Å². The van der Waals surface area contributed by atoms with E-state index in [1.54, 1.807) is 21.3 Å². The summed E-state index contributed by atoms with van der Waals surface area (Å²) in [6, 6.07) is 4.85. The summed E-state index contributed by atoms with van der Waals surface area (Å²) in [5, 5.41) is 6.98. The lowest BCUT2D eigenvalue weighted by Gasteiger charge is -2.35. The summed E-state index contributed by atoms with van der Waals surface area (Å²) in [6.45, 7) is 10.4. The second-order valence-corrected chi connectivity index (χ2v) is 7.57. The Labute approximate surface area is 199 Å². The molecule has 0 radical (unpaired) electrons. The van der Waals surface area contributed by atoms with Crippen LogP contribution in [0.25, 0.3) is 0 Å². The molecule has 0 amide bonds. The van der Waals surface area contributed by atoms with Crippen LogP contribution >= 0.6 is 24.0 Å². The van der Waals surface area contributed by atoms with Crippen molar-refractivity contribution in [2.24, 2.45) is 4.99 Å². The molecule has 1 aromatic carbocycles. The van der Waals surface area contributed by atoms with E-state index in [1.165, 1.54) is 0 Å². The van der Waals surface area contributed by atoms with Crippen molar-refractivity contribution < 1.29 is 14.2 Å². The van der Waals surface area contributed by atoms with Crippen molar-refractivity contribution in [2.45, 2.75) is 52.1 Å². The molecule has 1 saturated heterocycles. The van der Waals surface area contributed by atoms with Crippen LogP contribution in [0.15, 0.2) is 17.1 Å². The minimum atomic E-state index is 0. The summed E-state index contributed by atoms with van der Waals surface area (Å²) in [4.78, 5) is 7.32. The summed E-state index contributed by atoms with van der Waals surface area (Å²) in [7, 11) is 4.96. The number of benzene rings is 1. The van der Waals surface area contributed by atoms with E-state index >= 15 is 0 Å². The van der Waals surface area contributed by atoms with E-state index in [0.29, 0.717) is 24.4 Å². The summed E-state index contributed by atoms with van der Waals surface area (Å²) in [5.41, 5.74) is 1.00. The lowest BCUT2D eigenvalue weighted by molar-refractivity contribution is 0.167. The maximum atomic E-state index is 5.54. The van der Waals surface area contributed by atoms with Crippen LogP contribution in [0.5, 0.6) is 17.2 Å². The SMILES string of the molecule is CCNC(=NCCc1c(OC)cc(OC)cc1OC)NC1CCN(C(C)C)CC1.I. The summed E-state index contributed by atoms with van der Waals surface area (Å²) in [6.07, 6.45) is 3.00. The number of nitrogens with one attached hydrogen (secondary N) is 2. The van der Waals surface area contributed by atoms with Crippen molar-refractivity contribution >= 4 is 29.9 Å². The molecular formula is C22H39IN4O3. The second kappa shape index (κ2) is 13.8. The summed E-state index contributed by atoms with van der Waals surface area (Å²) in [5.74, 6) is 3.11. The molecule has 1 aliphatic rings. The standard InChI is InChI=1S/C22H38N4O3.HI/c1-7-23-22(25-17-9-12-26(13-10-17)16(2)3)24-11-8-19-20(28-5)14-18(27-4)15-21(19)29-6;/h14-17H,7-13H2,1-6H3,(H2,23,24,25);1H. The summed E-state index contributed by atoms with van der Waals surface area (Å²) >= 11 is 0. The van der Waals surface area contributed by atoms with Gasteiger partial charge in [-0.05, 0) is 40.0 Å². The highest BCUT2D eigenvalue weighted by Crippen LogP contribution is 2.34. The Morgan fingerprint density at radius 3 is 2.17 bits per heavy atom. The molecule has 0 saturated carbocycles. The van der Waals surface area contributed by atoms with Crippen molar-refractivity contribution in [2.75, 3.05) is 47.5 Å². The Kier molecular flexibility index (Phi) is 12.2. The molecule has 1 heterocycles. The van der Waals surface area contributed by atoms with E-state index < -0.39 is 0 Å². The fraction of sp³-hybridized carbons (Fsp3) is 0.682. The van der Waals surface area contributed by atoms with E-state index in [2.05, 4.69) is 36.3 Å². The van der Waals surface area contributed by atoms with E-state index in [0.717, 1.165) is 61.9 Å². The lowest BCUT2D eigenvalue weighted by Crippen LogP contribution is -2.49. The minimum Gasteiger partial charge on any atom is -0.496 e.